The van der Waals surface area contributed by atoms with E-state index in [2.05, 4.69) is 15.3 Å². The van der Waals surface area contributed by atoms with E-state index in [1.54, 1.807) is 18.1 Å². The van der Waals surface area contributed by atoms with Gasteiger partial charge in [-0.05, 0) is 43.5 Å². The van der Waals surface area contributed by atoms with Gasteiger partial charge in [0.25, 0.3) is 11.8 Å². The molecule has 0 unspecified atom stereocenters. The Kier molecular flexibility index (Phi) is 5.37. The highest BCUT2D eigenvalue weighted by Crippen LogP contribution is 2.23. The number of rotatable bonds is 5. The molecule has 1 aliphatic rings. The summed E-state index contributed by atoms with van der Waals surface area (Å²) in [7, 11) is 1.73. The molecule has 0 fully saturated rings. The lowest BCUT2D eigenvalue weighted by atomic mass is 10.1. The molecule has 2 amide bonds. The van der Waals surface area contributed by atoms with Crippen molar-refractivity contribution >= 4 is 17.5 Å². The third-order valence-electron chi connectivity index (χ3n) is 5.13. The molecule has 1 aliphatic heterocycles. The predicted molar refractivity (Wildman–Crippen MR) is 110 cm³/mol. The molecule has 4 rings (SSSR count). The number of anilines is 1. The number of nitrogens with zero attached hydrogens (tertiary/aromatic N) is 4. The normalized spacial score (nSPS) is 12.9. The molecule has 0 saturated carbocycles. The molecule has 7 nitrogen and oxygen atoms in total. The lowest BCUT2D eigenvalue weighted by Gasteiger charge is -2.20. The highest BCUT2D eigenvalue weighted by molar-refractivity contribution is 6.05. The molecule has 0 aliphatic carbocycles. The molecule has 0 radical (unpaired) electrons. The molecule has 2 aromatic heterocycles. The van der Waals surface area contributed by atoms with Crippen molar-refractivity contribution in [3.05, 3.63) is 77.6 Å². The van der Waals surface area contributed by atoms with E-state index in [4.69, 9.17) is 0 Å². The topological polar surface area (TPSA) is 80.1 Å². The number of carbonyl (C=O) groups is 2. The Labute approximate surface area is 169 Å². The molecular formula is C22H23N5O2. The summed E-state index contributed by atoms with van der Waals surface area (Å²) in [6.45, 7) is 1.01. The monoisotopic (exact) mass is 389 g/mol. The van der Waals surface area contributed by atoms with Crippen LogP contribution >= 0.6 is 0 Å². The van der Waals surface area contributed by atoms with E-state index in [1.807, 2.05) is 53.1 Å². The second-order valence-corrected chi connectivity index (χ2v) is 7.04. The van der Waals surface area contributed by atoms with Crippen LogP contribution in [0.15, 0.2) is 54.7 Å². The Morgan fingerprint density at radius 2 is 1.90 bits per heavy atom. The highest BCUT2D eigenvalue weighted by atomic mass is 16.2. The lowest BCUT2D eigenvalue weighted by Crippen LogP contribution is -2.30. The van der Waals surface area contributed by atoms with E-state index in [1.165, 1.54) is 0 Å². The van der Waals surface area contributed by atoms with Gasteiger partial charge in [0.2, 0.25) is 5.82 Å². The van der Waals surface area contributed by atoms with Gasteiger partial charge in [0.1, 0.15) is 5.69 Å². The number of pyridine rings is 1. The van der Waals surface area contributed by atoms with Crippen molar-refractivity contribution in [3.63, 3.8) is 0 Å². The van der Waals surface area contributed by atoms with Crippen LogP contribution in [0.4, 0.5) is 5.69 Å². The molecular weight excluding hydrogens is 366 g/mol. The average molecular weight is 389 g/mol. The Balaban J connectivity index is 1.60. The van der Waals surface area contributed by atoms with E-state index in [0.29, 0.717) is 24.6 Å². The Morgan fingerprint density at radius 1 is 1.10 bits per heavy atom. The first-order valence-electron chi connectivity index (χ1n) is 9.76. The molecule has 3 aromatic rings. The number of benzene rings is 1. The van der Waals surface area contributed by atoms with Gasteiger partial charge in [0.15, 0.2) is 0 Å². The zero-order chi connectivity index (χ0) is 20.2. The van der Waals surface area contributed by atoms with Gasteiger partial charge in [0, 0.05) is 25.5 Å². The quantitative estimate of drug-likeness (QED) is 0.728. The fourth-order valence-corrected chi connectivity index (χ4v) is 3.56. The summed E-state index contributed by atoms with van der Waals surface area (Å²) in [5.41, 5.74) is 2.73. The SMILES string of the molecule is CN(C(=O)c1nc(C(=O)NCc2ccccn2)c2n1CCCC2)c1ccccc1. The Morgan fingerprint density at radius 3 is 2.66 bits per heavy atom. The summed E-state index contributed by atoms with van der Waals surface area (Å²) >= 11 is 0. The molecule has 1 N–H and O–H groups in total. The van der Waals surface area contributed by atoms with Crippen LogP contribution in [0.5, 0.6) is 0 Å². The van der Waals surface area contributed by atoms with Gasteiger partial charge in [-0.25, -0.2) is 4.98 Å². The second kappa shape index (κ2) is 8.26. The molecule has 0 atom stereocenters. The van der Waals surface area contributed by atoms with Crippen LogP contribution in [0.3, 0.4) is 0 Å². The molecule has 29 heavy (non-hydrogen) atoms. The minimum absolute atomic E-state index is 0.219. The maximum absolute atomic E-state index is 13.1. The fourth-order valence-electron chi connectivity index (χ4n) is 3.56. The first kappa shape index (κ1) is 18.9. The van der Waals surface area contributed by atoms with Crippen molar-refractivity contribution in [1.82, 2.24) is 19.9 Å². The number of hydrogen-bond acceptors (Lipinski definition) is 4. The molecule has 3 heterocycles. The average Bonchev–Trinajstić information content (AvgIpc) is 3.17. The number of fused-ring (bicyclic) bond motifs is 1. The predicted octanol–water partition coefficient (Wildman–Crippen LogP) is 2.82. The van der Waals surface area contributed by atoms with Crippen LogP contribution in [0.1, 0.15) is 45.3 Å². The van der Waals surface area contributed by atoms with Gasteiger partial charge in [-0.1, -0.05) is 24.3 Å². The van der Waals surface area contributed by atoms with E-state index in [-0.39, 0.29) is 11.8 Å². The maximum Gasteiger partial charge on any atom is 0.294 e. The number of para-hydroxylation sites is 1. The number of carbonyl (C=O) groups excluding carboxylic acids is 2. The largest absolute Gasteiger partial charge is 0.345 e. The van der Waals surface area contributed by atoms with Crippen molar-refractivity contribution < 1.29 is 9.59 Å². The Bertz CT molecular complexity index is 1010. The standard InChI is InChI=1S/C22H23N5O2/c1-26(17-10-3-2-4-11-17)22(29)20-25-19(18-12-6-8-14-27(18)20)21(28)24-15-16-9-5-7-13-23-16/h2-5,7,9-11,13H,6,8,12,14-15H2,1H3,(H,24,28). The fraction of sp³-hybridized carbons (Fsp3) is 0.273. The van der Waals surface area contributed by atoms with Gasteiger partial charge >= 0.3 is 0 Å². The zero-order valence-corrected chi connectivity index (χ0v) is 16.3. The van der Waals surface area contributed by atoms with Crippen molar-refractivity contribution in [2.24, 2.45) is 0 Å². The number of amides is 2. The molecule has 148 valence electrons. The van der Waals surface area contributed by atoms with Crippen LogP contribution in [0.25, 0.3) is 0 Å². The smallest absolute Gasteiger partial charge is 0.294 e. The van der Waals surface area contributed by atoms with E-state index in [9.17, 15) is 9.59 Å². The van der Waals surface area contributed by atoms with Crippen molar-refractivity contribution in [2.75, 3.05) is 11.9 Å². The van der Waals surface area contributed by atoms with Crippen LogP contribution in [-0.2, 0) is 19.5 Å². The van der Waals surface area contributed by atoms with Crippen molar-refractivity contribution in [3.8, 4) is 0 Å². The number of hydrogen-bond donors (Lipinski definition) is 1. The van der Waals surface area contributed by atoms with Gasteiger partial charge in [0.05, 0.1) is 17.9 Å². The van der Waals surface area contributed by atoms with Crippen molar-refractivity contribution in [2.45, 2.75) is 32.4 Å². The van der Waals surface area contributed by atoms with E-state index < -0.39 is 0 Å². The van der Waals surface area contributed by atoms with Crippen LogP contribution in [0.2, 0.25) is 0 Å². The summed E-state index contributed by atoms with van der Waals surface area (Å²) in [6, 6.07) is 15.0. The maximum atomic E-state index is 13.1. The molecule has 0 saturated heterocycles. The number of imidazole rings is 1. The molecule has 1 aromatic carbocycles. The van der Waals surface area contributed by atoms with Gasteiger partial charge in [-0.2, -0.15) is 0 Å². The lowest BCUT2D eigenvalue weighted by molar-refractivity contribution is 0.0944. The zero-order valence-electron chi connectivity index (χ0n) is 16.3. The highest BCUT2D eigenvalue weighted by Gasteiger charge is 2.29. The molecule has 0 bridgehead atoms. The Hall–Kier alpha value is -3.48. The van der Waals surface area contributed by atoms with E-state index >= 15 is 0 Å². The van der Waals surface area contributed by atoms with Crippen molar-refractivity contribution in [1.29, 1.82) is 0 Å². The number of aromatic nitrogens is 3. The van der Waals surface area contributed by atoms with Crippen LogP contribution in [0, 0.1) is 0 Å². The van der Waals surface area contributed by atoms with Gasteiger partial charge in [-0.3, -0.25) is 14.6 Å². The summed E-state index contributed by atoms with van der Waals surface area (Å²) < 4.78 is 1.90. The van der Waals surface area contributed by atoms with Crippen LogP contribution < -0.4 is 10.2 Å². The van der Waals surface area contributed by atoms with E-state index in [0.717, 1.165) is 36.3 Å². The molecule has 0 spiro atoms. The minimum atomic E-state index is -0.275. The first-order valence-corrected chi connectivity index (χ1v) is 9.76. The summed E-state index contributed by atoms with van der Waals surface area (Å²) in [6.07, 6.45) is 4.37. The summed E-state index contributed by atoms with van der Waals surface area (Å²) in [4.78, 5) is 36.2. The number of nitrogens with one attached hydrogen (secondary N) is 1. The van der Waals surface area contributed by atoms with Gasteiger partial charge < -0.3 is 14.8 Å². The van der Waals surface area contributed by atoms with Gasteiger partial charge in [-0.15, -0.1) is 0 Å². The molecule has 7 heteroatoms. The minimum Gasteiger partial charge on any atom is -0.345 e. The summed E-state index contributed by atoms with van der Waals surface area (Å²) in [5.74, 6) is -0.181. The first-order chi connectivity index (χ1) is 14.1. The summed E-state index contributed by atoms with van der Waals surface area (Å²) in [5, 5.41) is 2.88. The second-order valence-electron chi connectivity index (χ2n) is 7.04. The third-order valence-corrected chi connectivity index (χ3v) is 5.13. The third kappa shape index (κ3) is 3.89. The van der Waals surface area contributed by atoms with Crippen LogP contribution in [-0.4, -0.2) is 33.4 Å².